The highest BCUT2D eigenvalue weighted by Gasteiger charge is 2.42. The summed E-state index contributed by atoms with van der Waals surface area (Å²) < 4.78 is 6.28. The minimum Gasteiger partial charge on any atom is -0.417 e. The van der Waals surface area contributed by atoms with E-state index < -0.39 is 8.32 Å². The van der Waals surface area contributed by atoms with E-state index in [1.54, 1.807) is 0 Å². The zero-order valence-corrected chi connectivity index (χ0v) is 15.8. The molecule has 0 bridgehead atoms. The molecule has 1 heterocycles. The molecule has 0 aromatic heterocycles. The lowest BCUT2D eigenvalue weighted by atomic mass is 9.73. The van der Waals surface area contributed by atoms with Crippen LogP contribution >= 0.6 is 0 Å². The van der Waals surface area contributed by atoms with E-state index in [1.807, 2.05) is 6.92 Å². The minimum atomic E-state index is -1.74. The molecule has 0 spiro atoms. The Morgan fingerprint density at radius 2 is 2.05 bits per heavy atom. The average Bonchev–Trinajstić information content (AvgIpc) is 2.30. The van der Waals surface area contributed by atoms with Gasteiger partial charge in [0.25, 0.3) is 0 Å². The number of hydrogen-bond acceptors (Lipinski definition) is 2. The van der Waals surface area contributed by atoms with Gasteiger partial charge in [0.15, 0.2) is 8.32 Å². The minimum absolute atomic E-state index is 0.190. The van der Waals surface area contributed by atoms with Crippen LogP contribution in [0.2, 0.25) is 18.1 Å². The van der Waals surface area contributed by atoms with Crippen molar-refractivity contribution in [2.75, 3.05) is 13.2 Å². The molecular formula is C17H33NO2Si. The van der Waals surface area contributed by atoms with Gasteiger partial charge in [0.1, 0.15) is 0 Å². The van der Waals surface area contributed by atoms with E-state index in [2.05, 4.69) is 45.8 Å². The molecule has 0 radical (unpaired) electrons. The van der Waals surface area contributed by atoms with Gasteiger partial charge in [-0.05, 0) is 50.7 Å². The van der Waals surface area contributed by atoms with Crippen LogP contribution in [-0.4, -0.2) is 27.4 Å². The van der Waals surface area contributed by atoms with Gasteiger partial charge in [0.05, 0.1) is 5.41 Å². The van der Waals surface area contributed by atoms with E-state index in [1.165, 1.54) is 0 Å². The Balaban J connectivity index is 2.71. The van der Waals surface area contributed by atoms with Crippen LogP contribution in [0.3, 0.4) is 0 Å². The number of carbonyl (C=O) groups excluding carboxylic acids is 1. The predicted octanol–water partition coefficient (Wildman–Crippen LogP) is 4.26. The van der Waals surface area contributed by atoms with Crippen molar-refractivity contribution in [3.05, 3.63) is 12.2 Å². The molecule has 1 saturated heterocycles. The van der Waals surface area contributed by atoms with Crippen LogP contribution in [0.25, 0.3) is 0 Å². The molecule has 122 valence electrons. The summed E-state index contributed by atoms with van der Waals surface area (Å²) in [5.74, 6) is 0.190. The fourth-order valence-corrected chi connectivity index (χ4v) is 3.77. The van der Waals surface area contributed by atoms with E-state index in [0.717, 1.165) is 37.8 Å². The molecule has 1 aliphatic rings. The van der Waals surface area contributed by atoms with Crippen molar-refractivity contribution in [1.29, 1.82) is 0 Å². The first-order valence-corrected chi connectivity index (χ1v) is 11.0. The third-order valence-corrected chi connectivity index (χ3v) is 9.63. The Labute approximate surface area is 131 Å². The molecule has 0 saturated carbocycles. The van der Waals surface area contributed by atoms with Crippen molar-refractivity contribution >= 4 is 14.2 Å². The maximum Gasteiger partial charge on any atom is 0.226 e. The maximum atomic E-state index is 12.4. The molecule has 0 aliphatic carbocycles. The van der Waals surface area contributed by atoms with Gasteiger partial charge in [-0.1, -0.05) is 26.3 Å². The molecule has 1 amide bonds. The normalized spacial score (nSPS) is 23.8. The van der Waals surface area contributed by atoms with Gasteiger partial charge in [-0.3, -0.25) is 4.79 Å². The number of hydrogen-bond donors (Lipinski definition) is 1. The van der Waals surface area contributed by atoms with Crippen molar-refractivity contribution in [2.45, 2.75) is 71.5 Å². The quantitative estimate of drug-likeness (QED) is 0.588. The topological polar surface area (TPSA) is 38.3 Å². The molecule has 0 unspecified atom stereocenters. The van der Waals surface area contributed by atoms with Crippen LogP contribution in [0, 0.1) is 5.41 Å². The second kappa shape index (κ2) is 6.65. The Morgan fingerprint density at radius 3 is 2.52 bits per heavy atom. The standard InChI is InChI=1S/C17H33NO2Si/c1-14(2)13-17(9-8-11-18-15(17)19)10-12-20-21(6,7)16(3,4)5/h1,8-13H2,2-7H3,(H,18,19)/t17-/m1/s1. The number of allylic oxidation sites excluding steroid dienone is 1. The van der Waals surface area contributed by atoms with Crippen molar-refractivity contribution in [3.8, 4) is 0 Å². The van der Waals surface area contributed by atoms with Crippen molar-refractivity contribution in [3.63, 3.8) is 0 Å². The van der Waals surface area contributed by atoms with Crippen LogP contribution in [0.4, 0.5) is 0 Å². The summed E-state index contributed by atoms with van der Waals surface area (Å²) >= 11 is 0. The van der Waals surface area contributed by atoms with E-state index in [9.17, 15) is 4.79 Å². The van der Waals surface area contributed by atoms with E-state index >= 15 is 0 Å². The monoisotopic (exact) mass is 311 g/mol. The number of nitrogens with one attached hydrogen (secondary N) is 1. The smallest absolute Gasteiger partial charge is 0.226 e. The molecule has 1 aliphatic heterocycles. The Bertz CT molecular complexity index is 398. The van der Waals surface area contributed by atoms with Crippen LogP contribution < -0.4 is 5.32 Å². The lowest BCUT2D eigenvalue weighted by Crippen LogP contribution is -2.48. The summed E-state index contributed by atoms with van der Waals surface area (Å²) in [4.78, 5) is 12.4. The zero-order chi connectivity index (χ0) is 16.3. The number of amides is 1. The Hall–Kier alpha value is -0.613. The molecule has 1 rings (SSSR count). The number of piperidine rings is 1. The van der Waals surface area contributed by atoms with Crippen molar-refractivity contribution in [2.24, 2.45) is 5.41 Å². The summed E-state index contributed by atoms with van der Waals surface area (Å²) in [5, 5.41) is 3.24. The second-order valence-corrected chi connectivity index (χ2v) is 12.9. The predicted molar refractivity (Wildman–Crippen MR) is 91.9 cm³/mol. The van der Waals surface area contributed by atoms with Gasteiger partial charge in [-0.15, -0.1) is 6.58 Å². The fraction of sp³-hybridized carbons (Fsp3) is 0.824. The average molecular weight is 312 g/mol. The molecular weight excluding hydrogens is 278 g/mol. The SMILES string of the molecule is C=C(C)C[C@]1(CCO[Si](C)(C)C(C)(C)C)CCCNC1=O. The summed E-state index contributed by atoms with van der Waals surface area (Å²) in [7, 11) is -1.74. The summed E-state index contributed by atoms with van der Waals surface area (Å²) in [6, 6.07) is 0. The van der Waals surface area contributed by atoms with Gasteiger partial charge in [-0.2, -0.15) is 0 Å². The molecule has 21 heavy (non-hydrogen) atoms. The van der Waals surface area contributed by atoms with Crippen LogP contribution in [0.1, 0.15) is 53.4 Å². The summed E-state index contributed by atoms with van der Waals surface area (Å²) in [6.07, 6.45) is 3.59. The lowest BCUT2D eigenvalue weighted by Gasteiger charge is -2.40. The van der Waals surface area contributed by atoms with E-state index in [4.69, 9.17) is 4.43 Å². The van der Waals surface area contributed by atoms with Gasteiger partial charge >= 0.3 is 0 Å². The third-order valence-electron chi connectivity index (χ3n) is 5.09. The summed E-state index contributed by atoms with van der Waals surface area (Å²) in [5.41, 5.74) is 0.784. The van der Waals surface area contributed by atoms with E-state index in [-0.39, 0.29) is 16.4 Å². The van der Waals surface area contributed by atoms with Crippen molar-refractivity contribution < 1.29 is 9.22 Å². The Morgan fingerprint density at radius 1 is 1.43 bits per heavy atom. The highest BCUT2D eigenvalue weighted by Crippen LogP contribution is 2.40. The van der Waals surface area contributed by atoms with E-state index in [0.29, 0.717) is 6.61 Å². The Kier molecular flexibility index (Phi) is 5.84. The van der Waals surface area contributed by atoms with Crippen LogP contribution in [-0.2, 0) is 9.22 Å². The molecule has 1 fully saturated rings. The molecule has 1 atom stereocenters. The molecule has 0 aromatic carbocycles. The second-order valence-electron chi connectivity index (χ2n) is 8.13. The molecule has 0 aromatic rings. The van der Waals surface area contributed by atoms with Crippen molar-refractivity contribution in [1.82, 2.24) is 5.32 Å². The zero-order valence-electron chi connectivity index (χ0n) is 14.8. The maximum absolute atomic E-state index is 12.4. The van der Waals surface area contributed by atoms with Gasteiger partial charge in [0.2, 0.25) is 5.91 Å². The first kappa shape index (κ1) is 18.4. The van der Waals surface area contributed by atoms with Crippen LogP contribution in [0.5, 0.6) is 0 Å². The highest BCUT2D eigenvalue weighted by atomic mass is 28.4. The fourth-order valence-electron chi connectivity index (χ4n) is 2.72. The molecule has 3 nitrogen and oxygen atoms in total. The molecule has 1 N–H and O–H groups in total. The van der Waals surface area contributed by atoms with Gasteiger partial charge in [0, 0.05) is 13.2 Å². The highest BCUT2D eigenvalue weighted by molar-refractivity contribution is 6.74. The van der Waals surface area contributed by atoms with Gasteiger partial charge in [-0.25, -0.2) is 0 Å². The number of rotatable bonds is 6. The molecule has 4 heteroatoms. The first-order chi connectivity index (χ1) is 9.50. The van der Waals surface area contributed by atoms with Gasteiger partial charge < -0.3 is 9.74 Å². The number of carbonyl (C=O) groups is 1. The lowest BCUT2D eigenvalue weighted by molar-refractivity contribution is -0.134. The largest absolute Gasteiger partial charge is 0.417 e. The summed E-state index contributed by atoms with van der Waals surface area (Å²) in [6.45, 7) is 18.8. The third kappa shape index (κ3) is 4.68. The first-order valence-electron chi connectivity index (χ1n) is 8.07. The van der Waals surface area contributed by atoms with Crippen LogP contribution in [0.15, 0.2) is 12.2 Å².